The van der Waals surface area contributed by atoms with E-state index in [4.69, 9.17) is 18.9 Å². The van der Waals surface area contributed by atoms with Crippen LogP contribution in [0.5, 0.6) is 17.2 Å². The van der Waals surface area contributed by atoms with Crippen molar-refractivity contribution >= 4 is 34.2 Å². The van der Waals surface area contributed by atoms with Gasteiger partial charge in [-0.05, 0) is 42.5 Å². The van der Waals surface area contributed by atoms with Gasteiger partial charge in [0.15, 0.2) is 16.3 Å². The molecule has 1 aliphatic rings. The van der Waals surface area contributed by atoms with Crippen LogP contribution in [0.4, 0.5) is 0 Å². The molecule has 0 amide bonds. The Balaban J connectivity index is 1.78. The molecule has 1 aliphatic heterocycles. The molecule has 8 nitrogen and oxygen atoms in total. The first-order valence-corrected chi connectivity index (χ1v) is 13.7. The fourth-order valence-corrected chi connectivity index (χ4v) is 6.03. The minimum absolute atomic E-state index is 0.269. The summed E-state index contributed by atoms with van der Waals surface area (Å²) >= 11 is 1.27. The van der Waals surface area contributed by atoms with Crippen molar-refractivity contribution in [2.75, 3.05) is 27.9 Å². The topological polar surface area (TPSA) is 88.4 Å². The van der Waals surface area contributed by atoms with Crippen LogP contribution in [0.15, 0.2) is 75.7 Å². The number of carbonyl (C=O) groups is 1. The van der Waals surface area contributed by atoms with Gasteiger partial charge in [0, 0.05) is 10.9 Å². The minimum Gasteiger partial charge on any atom is -0.496 e. The van der Waals surface area contributed by atoms with Crippen LogP contribution in [0.3, 0.4) is 0 Å². The Morgan fingerprint density at radius 1 is 1.00 bits per heavy atom. The van der Waals surface area contributed by atoms with Gasteiger partial charge in [0.2, 0.25) is 0 Å². The number of nitrogens with zero attached hydrogens (tertiary/aromatic N) is 2. The number of rotatable bonds is 8. The quantitative estimate of drug-likeness (QED) is 0.299. The highest BCUT2D eigenvalue weighted by molar-refractivity contribution is 7.07. The number of esters is 1. The molecule has 1 aromatic heterocycles. The molecule has 0 N–H and O–H groups in total. The van der Waals surface area contributed by atoms with Gasteiger partial charge in [-0.2, -0.15) is 0 Å². The molecular weight excluding hydrogens is 528 g/mol. The first kappa shape index (κ1) is 27.2. The van der Waals surface area contributed by atoms with Gasteiger partial charge in [-0.25, -0.2) is 9.79 Å². The third-order valence-corrected chi connectivity index (χ3v) is 7.81. The fraction of sp³-hybridized carbons (Fsp3) is 0.258. The average molecular weight is 559 g/mol. The molecule has 5 rings (SSSR count). The van der Waals surface area contributed by atoms with Crippen molar-refractivity contribution in [3.63, 3.8) is 0 Å². The average Bonchev–Trinajstić information content (AvgIpc) is 3.28. The van der Waals surface area contributed by atoms with E-state index in [0.717, 1.165) is 28.5 Å². The molecule has 0 saturated carbocycles. The molecule has 0 unspecified atom stereocenters. The molecule has 2 heterocycles. The number of carbonyl (C=O) groups excluding carboxylic acids is 1. The summed E-state index contributed by atoms with van der Waals surface area (Å²) in [5, 5.41) is 1.90. The van der Waals surface area contributed by atoms with Crippen LogP contribution in [0, 0.1) is 0 Å². The van der Waals surface area contributed by atoms with Crippen molar-refractivity contribution < 1.29 is 23.7 Å². The summed E-state index contributed by atoms with van der Waals surface area (Å²) in [5.74, 6) is 1.18. The van der Waals surface area contributed by atoms with E-state index >= 15 is 0 Å². The number of hydrogen-bond donors (Lipinski definition) is 0. The summed E-state index contributed by atoms with van der Waals surface area (Å²) in [7, 11) is 4.52. The van der Waals surface area contributed by atoms with E-state index < -0.39 is 12.0 Å². The van der Waals surface area contributed by atoms with Crippen molar-refractivity contribution in [1.29, 1.82) is 0 Å². The summed E-state index contributed by atoms with van der Waals surface area (Å²) in [6.45, 7) is 4.20. The monoisotopic (exact) mass is 558 g/mol. The maximum Gasteiger partial charge on any atom is 0.338 e. The van der Waals surface area contributed by atoms with E-state index in [9.17, 15) is 9.59 Å². The molecule has 9 heteroatoms. The van der Waals surface area contributed by atoms with Gasteiger partial charge in [-0.15, -0.1) is 0 Å². The second kappa shape index (κ2) is 11.4. The Morgan fingerprint density at radius 3 is 2.45 bits per heavy atom. The molecule has 4 aromatic rings. The van der Waals surface area contributed by atoms with Crippen molar-refractivity contribution in [3.8, 4) is 17.2 Å². The number of ether oxygens (including phenoxy) is 4. The highest BCUT2D eigenvalue weighted by atomic mass is 32.1. The molecule has 1 atom stereocenters. The van der Waals surface area contributed by atoms with Crippen molar-refractivity contribution in [1.82, 2.24) is 4.57 Å². The maximum atomic E-state index is 14.1. The summed E-state index contributed by atoms with van der Waals surface area (Å²) < 4.78 is 24.5. The molecule has 0 radical (unpaired) electrons. The van der Waals surface area contributed by atoms with Crippen molar-refractivity contribution in [3.05, 3.63) is 96.7 Å². The van der Waals surface area contributed by atoms with Crippen LogP contribution < -0.4 is 29.1 Å². The third kappa shape index (κ3) is 4.66. The summed E-state index contributed by atoms with van der Waals surface area (Å²) in [5.41, 5.74) is 1.96. The van der Waals surface area contributed by atoms with Gasteiger partial charge in [-0.3, -0.25) is 9.36 Å². The molecule has 3 aromatic carbocycles. The molecule has 0 spiro atoms. The van der Waals surface area contributed by atoms with Gasteiger partial charge < -0.3 is 18.9 Å². The fourth-order valence-electron chi connectivity index (χ4n) is 4.99. The normalized spacial score (nSPS) is 15.0. The van der Waals surface area contributed by atoms with E-state index in [2.05, 4.69) is 4.99 Å². The molecule has 0 saturated heterocycles. The Hall–Kier alpha value is -4.37. The zero-order valence-electron chi connectivity index (χ0n) is 23.0. The smallest absolute Gasteiger partial charge is 0.338 e. The van der Waals surface area contributed by atoms with E-state index in [1.165, 1.54) is 18.4 Å². The van der Waals surface area contributed by atoms with E-state index in [0.29, 0.717) is 38.7 Å². The summed E-state index contributed by atoms with van der Waals surface area (Å²) in [6, 6.07) is 16.3. The molecule has 0 bridgehead atoms. The molecule has 40 heavy (non-hydrogen) atoms. The number of methoxy groups -OCH3 is 3. The second-order valence-electron chi connectivity index (χ2n) is 9.20. The predicted octanol–water partition coefficient (Wildman–Crippen LogP) is 4.37. The Kier molecular flexibility index (Phi) is 7.75. The Bertz CT molecular complexity index is 1820. The summed E-state index contributed by atoms with van der Waals surface area (Å²) in [4.78, 5) is 32.4. The van der Waals surface area contributed by atoms with E-state index in [1.54, 1.807) is 31.8 Å². The number of thiazole rings is 1. The van der Waals surface area contributed by atoms with Gasteiger partial charge >= 0.3 is 5.97 Å². The van der Waals surface area contributed by atoms with Crippen LogP contribution in [-0.4, -0.2) is 38.5 Å². The lowest BCUT2D eigenvalue weighted by molar-refractivity contribution is -0.136. The van der Waals surface area contributed by atoms with Gasteiger partial charge in [0.25, 0.3) is 5.56 Å². The Morgan fingerprint density at radius 2 is 1.75 bits per heavy atom. The maximum absolute atomic E-state index is 14.1. The number of fused-ring (bicyclic) bond motifs is 2. The zero-order chi connectivity index (χ0) is 28.4. The van der Waals surface area contributed by atoms with Gasteiger partial charge in [0.1, 0.15) is 11.8 Å². The van der Waals surface area contributed by atoms with Crippen LogP contribution in [0.2, 0.25) is 0 Å². The SMILES string of the molecule is CCCOc1c(OC)cccc1[C@@H]1C(C(=O)OC)=C(C)N=c2sc(=Cc3ccc(OC)c4ccccc34)c(=O)n21. The van der Waals surface area contributed by atoms with E-state index in [-0.39, 0.29) is 11.1 Å². The van der Waals surface area contributed by atoms with Crippen molar-refractivity contribution in [2.45, 2.75) is 26.3 Å². The van der Waals surface area contributed by atoms with Gasteiger partial charge in [-0.1, -0.05) is 60.7 Å². The Labute approximate surface area is 235 Å². The number of para-hydroxylation sites is 1. The lowest BCUT2D eigenvalue weighted by atomic mass is 9.94. The number of benzene rings is 3. The lowest BCUT2D eigenvalue weighted by Gasteiger charge is -2.26. The van der Waals surface area contributed by atoms with Crippen LogP contribution >= 0.6 is 11.3 Å². The van der Waals surface area contributed by atoms with Crippen LogP contribution in [0.1, 0.15) is 37.4 Å². The molecule has 206 valence electrons. The van der Waals surface area contributed by atoms with Crippen molar-refractivity contribution in [2.24, 2.45) is 4.99 Å². The first-order valence-electron chi connectivity index (χ1n) is 12.9. The van der Waals surface area contributed by atoms with Crippen LogP contribution in [0.25, 0.3) is 16.8 Å². The zero-order valence-corrected chi connectivity index (χ0v) is 23.8. The lowest BCUT2D eigenvalue weighted by Crippen LogP contribution is -2.40. The number of aromatic nitrogens is 1. The summed E-state index contributed by atoms with van der Waals surface area (Å²) in [6.07, 6.45) is 2.63. The molecule has 0 aliphatic carbocycles. The molecular formula is C31H30N2O6S. The standard InChI is InChI=1S/C31H30N2O6S/c1-6-16-39-28-22(12-9-13-24(28)37-4)27-26(30(35)38-5)18(2)32-31-33(27)29(34)25(40-31)17-19-14-15-23(36-3)21-11-8-7-10-20(19)21/h7-15,17,27H,6,16H2,1-5H3/t27-/m1/s1. The predicted molar refractivity (Wildman–Crippen MR) is 155 cm³/mol. The second-order valence-corrected chi connectivity index (χ2v) is 10.2. The number of allylic oxidation sites excluding steroid dienone is 1. The highest BCUT2D eigenvalue weighted by Gasteiger charge is 2.35. The highest BCUT2D eigenvalue weighted by Crippen LogP contribution is 2.41. The first-order chi connectivity index (χ1) is 19.4. The number of hydrogen-bond acceptors (Lipinski definition) is 8. The van der Waals surface area contributed by atoms with Gasteiger partial charge in [0.05, 0.1) is 43.7 Å². The third-order valence-electron chi connectivity index (χ3n) is 6.83. The largest absolute Gasteiger partial charge is 0.496 e. The van der Waals surface area contributed by atoms with Crippen LogP contribution in [-0.2, 0) is 9.53 Å². The van der Waals surface area contributed by atoms with E-state index in [1.807, 2.05) is 61.5 Å². The molecule has 0 fully saturated rings. The minimum atomic E-state index is -0.819.